The third-order valence-electron chi connectivity index (χ3n) is 9.43. The minimum absolute atomic E-state index is 0.0754. The molecule has 1 unspecified atom stereocenters. The van der Waals surface area contributed by atoms with Crippen LogP contribution in [0.25, 0.3) is 0 Å². The predicted molar refractivity (Wildman–Crippen MR) is 215 cm³/mol. The monoisotopic (exact) mass is 719 g/mol. The molecule has 0 aliphatic heterocycles. The van der Waals surface area contributed by atoms with Gasteiger partial charge in [0.2, 0.25) is 0 Å². The van der Waals surface area contributed by atoms with Crippen LogP contribution in [0.1, 0.15) is 226 Å². The molecule has 0 rings (SSSR count). The van der Waals surface area contributed by atoms with E-state index in [1.165, 1.54) is 109 Å². The minimum Gasteiger partial charge on any atom is -0.462 e. The van der Waals surface area contributed by atoms with Crippen LogP contribution < -0.4 is 0 Å². The largest absolute Gasteiger partial charge is 0.462 e. The Kier molecular flexibility index (Phi) is 39.0. The van der Waals surface area contributed by atoms with Gasteiger partial charge in [-0.25, -0.2) is 0 Å². The normalized spacial score (nSPS) is 12.1. The number of hydrogen-bond donors (Lipinski definition) is 0. The van der Waals surface area contributed by atoms with Gasteiger partial charge >= 0.3 is 17.9 Å². The molecule has 0 fully saturated rings. The van der Waals surface area contributed by atoms with Crippen molar-refractivity contribution in [3.63, 3.8) is 0 Å². The zero-order valence-corrected chi connectivity index (χ0v) is 33.9. The molecule has 0 heterocycles. The van der Waals surface area contributed by atoms with Gasteiger partial charge in [-0.1, -0.05) is 167 Å². The van der Waals surface area contributed by atoms with E-state index >= 15 is 0 Å². The Balaban J connectivity index is 4.34. The summed E-state index contributed by atoms with van der Waals surface area (Å²) < 4.78 is 16.6. The van der Waals surface area contributed by atoms with Crippen LogP contribution in [0.4, 0.5) is 0 Å². The standard InChI is InChI=1S/C45H82O6/c1-4-7-10-13-16-19-21-22-23-25-26-29-32-35-38-44(47)50-41-42(40-49-43(46)37-34-31-28-18-15-12-9-6-3)51-45(48)39-36-33-30-27-24-20-17-14-11-8-5-2/h14,17,21-22,42H,4-13,15-16,18-20,23-41H2,1-3H3/b17-14-,22-21-. The van der Waals surface area contributed by atoms with Gasteiger partial charge in [-0.3, -0.25) is 14.4 Å². The summed E-state index contributed by atoms with van der Waals surface area (Å²) >= 11 is 0. The van der Waals surface area contributed by atoms with E-state index < -0.39 is 6.10 Å². The molecule has 0 spiro atoms. The SMILES string of the molecule is CCCC/C=C\CCCCCCCC(=O)OC(COC(=O)CCCCCCC/C=C\CCCCCCC)COC(=O)CCCCCCCCCC. The summed E-state index contributed by atoms with van der Waals surface area (Å²) in [6.07, 6.45) is 43.0. The zero-order valence-electron chi connectivity index (χ0n) is 33.9. The fraction of sp³-hybridized carbons (Fsp3) is 0.844. The van der Waals surface area contributed by atoms with Crippen LogP contribution in [-0.4, -0.2) is 37.2 Å². The number of carbonyl (C=O) groups is 3. The first-order valence-corrected chi connectivity index (χ1v) is 21.8. The second kappa shape index (κ2) is 40.7. The molecule has 0 bridgehead atoms. The molecule has 0 aromatic carbocycles. The van der Waals surface area contributed by atoms with Crippen molar-refractivity contribution in [3.8, 4) is 0 Å². The van der Waals surface area contributed by atoms with Gasteiger partial charge < -0.3 is 14.2 Å². The smallest absolute Gasteiger partial charge is 0.306 e. The van der Waals surface area contributed by atoms with Gasteiger partial charge in [0.15, 0.2) is 6.10 Å². The highest BCUT2D eigenvalue weighted by Gasteiger charge is 2.19. The van der Waals surface area contributed by atoms with E-state index in [4.69, 9.17) is 14.2 Å². The molecule has 0 aliphatic rings. The van der Waals surface area contributed by atoms with Gasteiger partial charge in [0.25, 0.3) is 0 Å². The molecule has 1 atom stereocenters. The number of esters is 3. The van der Waals surface area contributed by atoms with E-state index in [9.17, 15) is 14.4 Å². The molecule has 0 aliphatic carbocycles. The highest BCUT2D eigenvalue weighted by molar-refractivity contribution is 5.71. The quantitative estimate of drug-likeness (QED) is 0.0272. The van der Waals surface area contributed by atoms with Gasteiger partial charge in [0.05, 0.1) is 0 Å². The second-order valence-electron chi connectivity index (χ2n) is 14.6. The van der Waals surface area contributed by atoms with Crippen molar-refractivity contribution in [3.05, 3.63) is 24.3 Å². The number of ether oxygens (including phenoxy) is 3. The molecule has 0 aromatic rings. The van der Waals surface area contributed by atoms with Crippen molar-refractivity contribution < 1.29 is 28.6 Å². The first-order valence-electron chi connectivity index (χ1n) is 21.8. The topological polar surface area (TPSA) is 78.9 Å². The van der Waals surface area contributed by atoms with Crippen molar-refractivity contribution in [1.29, 1.82) is 0 Å². The van der Waals surface area contributed by atoms with E-state index in [0.29, 0.717) is 19.3 Å². The van der Waals surface area contributed by atoms with Crippen molar-refractivity contribution in [2.75, 3.05) is 13.2 Å². The second-order valence-corrected chi connectivity index (χ2v) is 14.6. The third kappa shape index (κ3) is 38.9. The molecular weight excluding hydrogens is 636 g/mol. The van der Waals surface area contributed by atoms with Crippen molar-refractivity contribution in [2.45, 2.75) is 232 Å². The summed E-state index contributed by atoms with van der Waals surface area (Å²) in [5.41, 5.74) is 0. The Morgan fingerprint density at radius 1 is 0.373 bits per heavy atom. The fourth-order valence-corrected chi connectivity index (χ4v) is 6.06. The first-order chi connectivity index (χ1) is 25.0. The first kappa shape index (κ1) is 48.9. The zero-order chi connectivity index (χ0) is 37.3. The predicted octanol–water partition coefficient (Wildman–Crippen LogP) is 13.6. The van der Waals surface area contributed by atoms with Crippen LogP contribution in [0.5, 0.6) is 0 Å². The summed E-state index contributed by atoms with van der Waals surface area (Å²) in [5.74, 6) is -0.897. The molecule has 298 valence electrons. The van der Waals surface area contributed by atoms with Crippen LogP contribution in [0.15, 0.2) is 24.3 Å². The maximum Gasteiger partial charge on any atom is 0.306 e. The Morgan fingerprint density at radius 3 is 1.04 bits per heavy atom. The molecule has 0 amide bonds. The molecule has 6 nitrogen and oxygen atoms in total. The van der Waals surface area contributed by atoms with Crippen LogP contribution in [0.3, 0.4) is 0 Å². The highest BCUT2D eigenvalue weighted by Crippen LogP contribution is 2.13. The molecule has 51 heavy (non-hydrogen) atoms. The Labute approximate surface area is 315 Å². The van der Waals surface area contributed by atoms with E-state index in [0.717, 1.165) is 77.0 Å². The molecule has 0 N–H and O–H groups in total. The van der Waals surface area contributed by atoms with Gasteiger partial charge in [0.1, 0.15) is 13.2 Å². The summed E-state index contributed by atoms with van der Waals surface area (Å²) in [7, 11) is 0. The lowest BCUT2D eigenvalue weighted by Crippen LogP contribution is -2.30. The summed E-state index contributed by atoms with van der Waals surface area (Å²) in [5, 5.41) is 0. The average molecular weight is 719 g/mol. The highest BCUT2D eigenvalue weighted by atomic mass is 16.6. The van der Waals surface area contributed by atoms with Crippen molar-refractivity contribution >= 4 is 17.9 Å². The third-order valence-corrected chi connectivity index (χ3v) is 9.43. The van der Waals surface area contributed by atoms with E-state index in [1.807, 2.05) is 0 Å². The Morgan fingerprint density at radius 2 is 0.667 bits per heavy atom. The van der Waals surface area contributed by atoms with Gasteiger partial charge in [0, 0.05) is 19.3 Å². The minimum atomic E-state index is -0.771. The number of carbonyl (C=O) groups excluding carboxylic acids is 3. The molecule has 0 saturated heterocycles. The lowest BCUT2D eigenvalue weighted by molar-refractivity contribution is -0.167. The van der Waals surface area contributed by atoms with Crippen LogP contribution in [0, 0.1) is 0 Å². The van der Waals surface area contributed by atoms with Crippen molar-refractivity contribution in [1.82, 2.24) is 0 Å². The van der Waals surface area contributed by atoms with Crippen LogP contribution >= 0.6 is 0 Å². The summed E-state index contributed by atoms with van der Waals surface area (Å²) in [6, 6.07) is 0. The van der Waals surface area contributed by atoms with Crippen LogP contribution in [0.2, 0.25) is 0 Å². The number of hydrogen-bond acceptors (Lipinski definition) is 6. The molecule has 0 radical (unpaired) electrons. The molecule has 0 saturated carbocycles. The lowest BCUT2D eigenvalue weighted by atomic mass is 10.1. The van der Waals surface area contributed by atoms with Gasteiger partial charge in [-0.05, 0) is 64.2 Å². The summed E-state index contributed by atoms with van der Waals surface area (Å²) in [4.78, 5) is 37.5. The van der Waals surface area contributed by atoms with E-state index in [-0.39, 0.29) is 31.1 Å². The lowest BCUT2D eigenvalue weighted by Gasteiger charge is -2.18. The molecular formula is C45H82O6. The maximum absolute atomic E-state index is 12.6. The number of rotatable bonds is 39. The average Bonchev–Trinajstić information content (AvgIpc) is 3.12. The van der Waals surface area contributed by atoms with E-state index in [2.05, 4.69) is 45.1 Å². The fourth-order valence-electron chi connectivity index (χ4n) is 6.06. The van der Waals surface area contributed by atoms with Gasteiger partial charge in [-0.2, -0.15) is 0 Å². The molecule has 6 heteroatoms. The molecule has 0 aromatic heterocycles. The summed E-state index contributed by atoms with van der Waals surface area (Å²) in [6.45, 7) is 6.54. The Hall–Kier alpha value is -2.11. The van der Waals surface area contributed by atoms with Crippen molar-refractivity contribution in [2.24, 2.45) is 0 Å². The van der Waals surface area contributed by atoms with Crippen LogP contribution in [-0.2, 0) is 28.6 Å². The Bertz CT molecular complexity index is 835. The maximum atomic E-state index is 12.6. The number of unbranched alkanes of at least 4 members (excludes halogenated alkanes) is 24. The van der Waals surface area contributed by atoms with E-state index in [1.54, 1.807) is 0 Å². The number of allylic oxidation sites excluding steroid dienone is 4. The van der Waals surface area contributed by atoms with Gasteiger partial charge in [-0.15, -0.1) is 0 Å².